The first-order valence-corrected chi connectivity index (χ1v) is 18.2. The van der Waals surface area contributed by atoms with Crippen molar-refractivity contribution in [2.24, 2.45) is 0 Å². The van der Waals surface area contributed by atoms with Crippen LogP contribution < -0.4 is 15.3 Å². The first-order valence-electron chi connectivity index (χ1n) is 15.7. The summed E-state index contributed by atoms with van der Waals surface area (Å²) in [5.74, 6) is -0.812. The molecule has 2 aromatic carbocycles. The normalized spacial score (nSPS) is 13.8. The third kappa shape index (κ3) is 9.95. The molecule has 3 N–H and O–H groups in total. The van der Waals surface area contributed by atoms with E-state index >= 15 is 0 Å². The number of fused-ring (bicyclic) bond motifs is 2. The summed E-state index contributed by atoms with van der Waals surface area (Å²) in [5.41, 5.74) is 2.07. The molecule has 0 saturated carbocycles. The van der Waals surface area contributed by atoms with Crippen LogP contribution in [0.5, 0.6) is 5.75 Å². The number of hydrogen-bond acceptors (Lipinski definition) is 6. The van der Waals surface area contributed by atoms with Crippen LogP contribution in [-0.2, 0) is 4.57 Å². The summed E-state index contributed by atoms with van der Waals surface area (Å²) in [6.07, 6.45) is 0. The van der Waals surface area contributed by atoms with Crippen LogP contribution in [0.3, 0.4) is 0 Å². The van der Waals surface area contributed by atoms with E-state index in [1.54, 1.807) is 24.3 Å². The molecule has 13 heteroatoms. The van der Waals surface area contributed by atoms with E-state index in [0.717, 1.165) is 52.8 Å². The van der Waals surface area contributed by atoms with Crippen LogP contribution in [0.15, 0.2) is 63.8 Å². The van der Waals surface area contributed by atoms with Crippen LogP contribution in [0.4, 0.5) is 0 Å². The standard InChI is InChI=1S/C35H45N4O7PS/c1-37(2,3)17-18-39(6,7)20-19-38(4,5)16-15-36-34(48)24-9-12-27(35(41)42)30(21-24)33-28-13-10-25(40)22-31(28)45-32-23-26(11-14-29(32)33)46-47(8,43)44/h9-14,21-23H,15-20H2,1-8H3/p+3. The number of thiocarbonyl (C=S) groups is 1. The van der Waals surface area contributed by atoms with Crippen LogP contribution >= 0.6 is 19.8 Å². The van der Waals surface area contributed by atoms with E-state index < -0.39 is 13.6 Å². The van der Waals surface area contributed by atoms with E-state index in [1.807, 2.05) is 0 Å². The van der Waals surface area contributed by atoms with Gasteiger partial charge in [-0.3, -0.25) is 4.79 Å². The molecule has 1 atom stereocenters. The van der Waals surface area contributed by atoms with Gasteiger partial charge in [-0.25, -0.2) is 9.36 Å². The number of likely N-dealkylation sites (N-methyl/N-ethyl adjacent to an activating group) is 3. The van der Waals surface area contributed by atoms with E-state index in [4.69, 9.17) is 21.2 Å². The highest BCUT2D eigenvalue weighted by molar-refractivity contribution is 7.80. The van der Waals surface area contributed by atoms with Crippen molar-refractivity contribution in [2.75, 3.05) is 95.3 Å². The molecule has 2 aliphatic rings. The quantitative estimate of drug-likeness (QED) is 0.0751. The number of rotatable bonds is 14. The number of nitrogens with zero attached hydrogens (tertiary/aromatic N) is 3. The molecule has 0 saturated heterocycles. The van der Waals surface area contributed by atoms with Gasteiger partial charge >= 0.3 is 13.6 Å². The molecule has 0 radical (unpaired) electrons. The maximum atomic E-state index is 12.5. The molecule has 2 aromatic rings. The van der Waals surface area contributed by atoms with Gasteiger partial charge in [0.1, 0.15) is 48.3 Å². The van der Waals surface area contributed by atoms with E-state index in [1.165, 1.54) is 30.3 Å². The van der Waals surface area contributed by atoms with Crippen LogP contribution in [0.1, 0.15) is 15.9 Å². The van der Waals surface area contributed by atoms with Gasteiger partial charge in [0, 0.05) is 40.9 Å². The number of quaternary nitrogens is 3. The van der Waals surface area contributed by atoms with Gasteiger partial charge in [-0.1, -0.05) is 18.3 Å². The lowest BCUT2D eigenvalue weighted by atomic mass is 9.89. The third-order valence-corrected chi connectivity index (χ3v) is 9.34. The minimum atomic E-state index is -3.86. The molecule has 1 heterocycles. The van der Waals surface area contributed by atoms with Crippen molar-refractivity contribution >= 4 is 41.7 Å². The van der Waals surface area contributed by atoms with E-state index in [0.29, 0.717) is 39.2 Å². The van der Waals surface area contributed by atoms with Gasteiger partial charge in [0.05, 0.1) is 68.0 Å². The number of benzene rings is 3. The first kappa shape index (κ1) is 37.2. The molecule has 11 nitrogen and oxygen atoms in total. The van der Waals surface area contributed by atoms with Crippen LogP contribution in [-0.4, -0.2) is 130 Å². The average molecular weight is 700 g/mol. The Morgan fingerprint density at radius 3 is 2.15 bits per heavy atom. The second kappa shape index (κ2) is 14.1. The molecular weight excluding hydrogens is 651 g/mol. The lowest BCUT2D eigenvalue weighted by molar-refractivity contribution is -0.963. The number of carboxylic acid groups (broad SMARTS) is 1. The predicted molar refractivity (Wildman–Crippen MR) is 194 cm³/mol. The number of hydrogen-bond donors (Lipinski definition) is 3. The molecule has 1 aliphatic carbocycles. The van der Waals surface area contributed by atoms with Gasteiger partial charge in [-0.05, 0) is 42.0 Å². The summed E-state index contributed by atoms with van der Waals surface area (Å²) in [5, 5.41) is 14.1. The molecule has 1 aliphatic heterocycles. The zero-order chi connectivity index (χ0) is 35.7. The predicted octanol–water partition coefficient (Wildman–Crippen LogP) is 4.58. The van der Waals surface area contributed by atoms with Crippen molar-refractivity contribution < 1.29 is 41.7 Å². The summed E-state index contributed by atoms with van der Waals surface area (Å²) in [7, 11) is 11.8. The van der Waals surface area contributed by atoms with Crippen LogP contribution in [0.2, 0.25) is 0 Å². The SMILES string of the molecule is C[N+](C)(C)CC[N+](C)(C)CC[N+](C)(C)CCNC(=S)c1ccc(C(=O)O)c(-c2c3ccc(=O)cc-3oc3cc(OP(C)(=O)O)ccc23)c1. The van der Waals surface area contributed by atoms with E-state index in [9.17, 15) is 24.2 Å². The summed E-state index contributed by atoms with van der Waals surface area (Å²) >= 11 is 5.80. The Kier molecular flexibility index (Phi) is 10.9. The van der Waals surface area contributed by atoms with E-state index in [2.05, 4.69) is 54.7 Å². The Balaban J connectivity index is 1.63. The fourth-order valence-corrected chi connectivity index (χ4v) is 6.12. The van der Waals surface area contributed by atoms with Crippen molar-refractivity contribution in [1.82, 2.24) is 5.32 Å². The summed E-state index contributed by atoms with van der Waals surface area (Å²) in [6.45, 7) is 6.78. The monoisotopic (exact) mass is 699 g/mol. The van der Waals surface area contributed by atoms with Crippen molar-refractivity contribution in [3.8, 4) is 28.2 Å². The van der Waals surface area contributed by atoms with Gasteiger partial charge in [0.2, 0.25) is 0 Å². The Morgan fingerprint density at radius 2 is 1.52 bits per heavy atom. The smallest absolute Gasteiger partial charge is 0.373 e. The lowest BCUT2D eigenvalue weighted by Crippen LogP contribution is -2.55. The van der Waals surface area contributed by atoms with Gasteiger partial charge in [-0.15, -0.1) is 0 Å². The van der Waals surface area contributed by atoms with Crippen molar-refractivity contribution in [3.63, 3.8) is 0 Å². The molecule has 4 rings (SSSR count). The Hall–Kier alpha value is -3.64. The summed E-state index contributed by atoms with van der Waals surface area (Å²) in [4.78, 5) is 35.0. The first-order chi connectivity index (χ1) is 22.1. The van der Waals surface area contributed by atoms with Gasteiger partial charge < -0.3 is 37.7 Å². The molecule has 258 valence electrons. The van der Waals surface area contributed by atoms with Crippen LogP contribution in [0.25, 0.3) is 33.4 Å². The highest BCUT2D eigenvalue weighted by Gasteiger charge is 2.26. The van der Waals surface area contributed by atoms with Crippen LogP contribution in [0, 0.1) is 0 Å². The zero-order valence-electron chi connectivity index (χ0n) is 29.1. The maximum absolute atomic E-state index is 12.5. The highest BCUT2D eigenvalue weighted by atomic mass is 32.1. The largest absolute Gasteiger partial charge is 0.478 e. The molecule has 0 aromatic heterocycles. The molecular formula is C35H48N4O7PS+3. The van der Waals surface area contributed by atoms with Crippen molar-refractivity contribution in [1.29, 1.82) is 0 Å². The topological polar surface area (TPSA) is 126 Å². The number of nitrogens with one attached hydrogen (secondary N) is 1. The molecule has 0 fully saturated rings. The maximum Gasteiger partial charge on any atom is 0.373 e. The van der Waals surface area contributed by atoms with E-state index in [-0.39, 0.29) is 28.1 Å². The Morgan fingerprint density at radius 1 is 0.875 bits per heavy atom. The number of carboxylic acids is 1. The second-order valence-corrected chi connectivity index (χ2v) is 17.0. The number of carbonyl (C=O) groups is 1. The second-order valence-electron chi connectivity index (χ2n) is 14.8. The van der Waals surface area contributed by atoms with Crippen molar-refractivity contribution in [2.45, 2.75) is 0 Å². The van der Waals surface area contributed by atoms with Gasteiger partial charge in [0.25, 0.3) is 0 Å². The summed E-state index contributed by atoms with van der Waals surface area (Å²) < 4.78 is 25.8. The zero-order valence-corrected chi connectivity index (χ0v) is 30.8. The molecule has 0 spiro atoms. The molecule has 0 amide bonds. The lowest BCUT2D eigenvalue weighted by Gasteiger charge is -2.37. The fraction of sp³-hybridized carbons (Fsp3) is 0.400. The fourth-order valence-electron chi connectivity index (χ4n) is 5.38. The Bertz CT molecular complexity index is 1910. The molecule has 48 heavy (non-hydrogen) atoms. The average Bonchev–Trinajstić information content (AvgIpc) is 2.96. The third-order valence-electron chi connectivity index (χ3n) is 8.41. The van der Waals surface area contributed by atoms with Crippen molar-refractivity contribution in [3.05, 3.63) is 75.9 Å². The number of aromatic carboxylic acids is 1. The minimum absolute atomic E-state index is 0.0408. The van der Waals surface area contributed by atoms with Gasteiger partial charge in [-0.2, -0.15) is 0 Å². The van der Waals surface area contributed by atoms with Gasteiger partial charge in [0.15, 0.2) is 5.43 Å². The molecule has 1 unspecified atom stereocenters. The summed E-state index contributed by atoms with van der Waals surface area (Å²) in [6, 6.07) is 13.9. The Labute approximate surface area is 287 Å². The minimum Gasteiger partial charge on any atom is -0.478 e. The highest BCUT2D eigenvalue weighted by Crippen LogP contribution is 2.44. The molecule has 0 bridgehead atoms.